The summed E-state index contributed by atoms with van der Waals surface area (Å²) in [4.78, 5) is 0. The van der Waals surface area contributed by atoms with Gasteiger partial charge in [0, 0.05) is 12.6 Å². The van der Waals surface area contributed by atoms with Gasteiger partial charge in [0.05, 0.1) is 5.75 Å². The number of rotatable bonds is 6. The Hall–Kier alpha value is -0.130. The van der Waals surface area contributed by atoms with Gasteiger partial charge in [0.1, 0.15) is 0 Å². The third-order valence-electron chi connectivity index (χ3n) is 2.63. The van der Waals surface area contributed by atoms with Gasteiger partial charge in [-0.15, -0.1) is 0 Å². The average Bonchev–Trinajstić information content (AvgIpc) is 2.57. The topological polar surface area (TPSA) is 58.2 Å². The molecule has 0 aromatic carbocycles. The minimum atomic E-state index is -3.07. The lowest BCUT2D eigenvalue weighted by Gasteiger charge is -2.08. The third-order valence-corrected chi connectivity index (χ3v) is 4.02. The lowest BCUT2D eigenvalue weighted by molar-refractivity contribution is 0.552. The molecule has 0 aliphatic heterocycles. The minimum absolute atomic E-state index is 0.147. The van der Waals surface area contributed by atoms with Crippen LogP contribution >= 0.6 is 0 Å². The molecule has 1 atom stereocenters. The van der Waals surface area contributed by atoms with Gasteiger partial charge in [-0.3, -0.25) is 0 Å². The molecule has 1 aliphatic carbocycles. The first-order valence-electron chi connectivity index (χ1n) is 5.08. The van der Waals surface area contributed by atoms with Gasteiger partial charge in [-0.1, -0.05) is 20.8 Å². The Kier molecular flexibility index (Phi) is 3.55. The van der Waals surface area contributed by atoms with Crippen LogP contribution in [0.3, 0.4) is 0 Å². The van der Waals surface area contributed by atoms with Crippen molar-refractivity contribution in [2.75, 3.05) is 18.8 Å². The molecule has 1 fully saturated rings. The van der Waals surface area contributed by atoms with Crippen LogP contribution in [0, 0.1) is 5.41 Å². The molecular formula is C9H20N2O2S. The summed E-state index contributed by atoms with van der Waals surface area (Å²) in [6, 6.07) is 0.147. The molecule has 1 aliphatic rings. The van der Waals surface area contributed by atoms with Crippen molar-refractivity contribution in [3.8, 4) is 0 Å². The van der Waals surface area contributed by atoms with Gasteiger partial charge >= 0.3 is 0 Å². The van der Waals surface area contributed by atoms with Crippen LogP contribution in [0.4, 0.5) is 0 Å². The van der Waals surface area contributed by atoms with E-state index >= 15 is 0 Å². The normalized spacial score (nSPS) is 24.9. The Morgan fingerprint density at radius 2 is 2.00 bits per heavy atom. The van der Waals surface area contributed by atoms with Crippen LogP contribution in [0.25, 0.3) is 0 Å². The molecule has 0 aromatic heterocycles. The summed E-state index contributed by atoms with van der Waals surface area (Å²) in [5.41, 5.74) is 0.158. The Bertz CT molecular complexity index is 285. The summed E-state index contributed by atoms with van der Waals surface area (Å²) in [5.74, 6) is 0.174. The zero-order chi connectivity index (χ0) is 10.8. The van der Waals surface area contributed by atoms with E-state index in [4.69, 9.17) is 0 Å². The summed E-state index contributed by atoms with van der Waals surface area (Å²) in [5, 5.41) is 3.00. The van der Waals surface area contributed by atoms with E-state index in [2.05, 4.69) is 23.9 Å². The van der Waals surface area contributed by atoms with E-state index in [-0.39, 0.29) is 17.2 Å². The minimum Gasteiger partial charge on any atom is -0.316 e. The van der Waals surface area contributed by atoms with Gasteiger partial charge in [-0.2, -0.15) is 0 Å². The quantitative estimate of drug-likeness (QED) is 0.634. The molecule has 5 heteroatoms. The van der Waals surface area contributed by atoms with Crippen molar-refractivity contribution in [2.24, 2.45) is 5.41 Å². The van der Waals surface area contributed by atoms with Crippen LogP contribution in [0.1, 0.15) is 27.2 Å². The molecule has 0 spiro atoms. The average molecular weight is 220 g/mol. The van der Waals surface area contributed by atoms with Crippen molar-refractivity contribution in [1.29, 1.82) is 0 Å². The third kappa shape index (κ3) is 3.55. The summed E-state index contributed by atoms with van der Waals surface area (Å²) in [6.07, 6.45) is 0.952. The molecule has 1 saturated carbocycles. The van der Waals surface area contributed by atoms with E-state index in [1.165, 1.54) is 0 Å². The van der Waals surface area contributed by atoms with Gasteiger partial charge in [0.2, 0.25) is 10.0 Å². The number of sulfonamides is 1. The second kappa shape index (κ2) is 4.16. The van der Waals surface area contributed by atoms with E-state index in [0.29, 0.717) is 6.54 Å². The van der Waals surface area contributed by atoms with E-state index in [9.17, 15) is 8.42 Å². The first-order valence-corrected chi connectivity index (χ1v) is 6.73. The highest BCUT2D eigenvalue weighted by Crippen LogP contribution is 2.44. The van der Waals surface area contributed by atoms with Crippen LogP contribution < -0.4 is 10.0 Å². The number of nitrogens with one attached hydrogen (secondary N) is 2. The second-order valence-corrected chi connectivity index (χ2v) is 6.41. The Morgan fingerprint density at radius 3 is 2.43 bits per heavy atom. The lowest BCUT2D eigenvalue weighted by Crippen LogP contribution is -2.34. The molecular weight excluding hydrogens is 200 g/mol. The molecule has 0 bridgehead atoms. The molecule has 14 heavy (non-hydrogen) atoms. The van der Waals surface area contributed by atoms with Crippen LogP contribution in [-0.4, -0.2) is 33.3 Å². The molecule has 0 saturated heterocycles. The highest BCUT2D eigenvalue weighted by molar-refractivity contribution is 7.89. The maximum Gasteiger partial charge on any atom is 0.213 e. The summed E-state index contributed by atoms with van der Waals surface area (Å²) < 4.78 is 25.7. The molecule has 0 radical (unpaired) electrons. The van der Waals surface area contributed by atoms with E-state index in [1.807, 2.05) is 6.92 Å². The van der Waals surface area contributed by atoms with Crippen molar-refractivity contribution in [3.05, 3.63) is 0 Å². The summed E-state index contributed by atoms with van der Waals surface area (Å²) in [6.45, 7) is 7.45. The van der Waals surface area contributed by atoms with Gasteiger partial charge in [0.15, 0.2) is 0 Å². The molecule has 4 nitrogen and oxygen atoms in total. The molecule has 1 unspecified atom stereocenters. The SMILES string of the molecule is CCNCCS(=O)(=O)NC1CC1(C)C. The van der Waals surface area contributed by atoms with Gasteiger partial charge in [0.25, 0.3) is 0 Å². The predicted molar refractivity (Wildman–Crippen MR) is 57.7 cm³/mol. The van der Waals surface area contributed by atoms with Crippen molar-refractivity contribution < 1.29 is 8.42 Å². The second-order valence-electron chi connectivity index (χ2n) is 4.54. The van der Waals surface area contributed by atoms with Crippen LogP contribution in [0.5, 0.6) is 0 Å². The fourth-order valence-electron chi connectivity index (χ4n) is 1.33. The molecule has 0 heterocycles. The molecule has 1 rings (SSSR count). The van der Waals surface area contributed by atoms with Crippen molar-refractivity contribution >= 4 is 10.0 Å². The van der Waals surface area contributed by atoms with Crippen molar-refractivity contribution in [3.63, 3.8) is 0 Å². The summed E-state index contributed by atoms with van der Waals surface area (Å²) >= 11 is 0. The highest BCUT2D eigenvalue weighted by Gasteiger charge is 2.47. The van der Waals surface area contributed by atoms with Crippen molar-refractivity contribution in [2.45, 2.75) is 33.2 Å². The first kappa shape index (κ1) is 11.9. The standard InChI is InChI=1S/C9H20N2O2S/c1-4-10-5-6-14(12,13)11-8-7-9(8,2)3/h8,10-11H,4-7H2,1-3H3. The zero-order valence-electron chi connectivity index (χ0n) is 9.13. The van der Waals surface area contributed by atoms with E-state index < -0.39 is 10.0 Å². The molecule has 2 N–H and O–H groups in total. The predicted octanol–water partition coefficient (Wildman–Crippen LogP) is 0.314. The Labute approximate surface area is 86.5 Å². The fraction of sp³-hybridized carbons (Fsp3) is 1.00. The van der Waals surface area contributed by atoms with Crippen LogP contribution in [0.2, 0.25) is 0 Å². The molecule has 84 valence electrons. The largest absolute Gasteiger partial charge is 0.316 e. The van der Waals surface area contributed by atoms with E-state index in [0.717, 1.165) is 13.0 Å². The number of hydrogen-bond acceptors (Lipinski definition) is 3. The monoisotopic (exact) mass is 220 g/mol. The van der Waals surface area contributed by atoms with E-state index in [1.54, 1.807) is 0 Å². The molecule has 0 aromatic rings. The molecule has 0 amide bonds. The maximum atomic E-state index is 11.5. The first-order chi connectivity index (χ1) is 6.37. The lowest BCUT2D eigenvalue weighted by atomic mass is 10.2. The maximum absolute atomic E-state index is 11.5. The van der Waals surface area contributed by atoms with Crippen LogP contribution in [0.15, 0.2) is 0 Å². The van der Waals surface area contributed by atoms with Gasteiger partial charge in [-0.05, 0) is 18.4 Å². The van der Waals surface area contributed by atoms with Gasteiger partial charge in [-0.25, -0.2) is 13.1 Å². The van der Waals surface area contributed by atoms with Crippen molar-refractivity contribution in [1.82, 2.24) is 10.0 Å². The van der Waals surface area contributed by atoms with Gasteiger partial charge < -0.3 is 5.32 Å². The highest BCUT2D eigenvalue weighted by atomic mass is 32.2. The fourth-order valence-corrected chi connectivity index (χ4v) is 2.69. The van der Waals surface area contributed by atoms with Crippen LogP contribution in [-0.2, 0) is 10.0 Å². The Balaban J connectivity index is 2.29. The zero-order valence-corrected chi connectivity index (χ0v) is 9.95. The summed E-state index contributed by atoms with van der Waals surface area (Å²) in [7, 11) is -3.07. The smallest absolute Gasteiger partial charge is 0.213 e. The number of hydrogen-bond donors (Lipinski definition) is 2. The Morgan fingerprint density at radius 1 is 1.43 bits per heavy atom.